The molecule has 3 aromatic carbocycles. The first-order valence-corrected chi connectivity index (χ1v) is 18.0. The van der Waals surface area contributed by atoms with Crippen molar-refractivity contribution in [3.8, 4) is 11.1 Å². The van der Waals surface area contributed by atoms with Crippen LogP contribution in [0.2, 0.25) is 5.02 Å². The normalized spacial score (nSPS) is 12.9. The number of carbonyl (C=O) groups is 1. The zero-order valence-electron chi connectivity index (χ0n) is 28.0. The second-order valence-corrected chi connectivity index (χ2v) is 13.9. The molecule has 0 N–H and O–H groups in total. The maximum atomic E-state index is 14.2. The molecule has 0 atom stereocenters. The minimum absolute atomic E-state index is 0. The number of nitrogens with zero attached hydrogens (tertiary/aromatic N) is 6. The molecule has 1 aliphatic rings. The van der Waals surface area contributed by atoms with E-state index >= 15 is 0 Å². The highest BCUT2D eigenvalue weighted by molar-refractivity contribution is 7.98. The van der Waals surface area contributed by atoms with E-state index < -0.39 is 0 Å². The van der Waals surface area contributed by atoms with Crippen LogP contribution in [-0.2, 0) is 37.1 Å². The van der Waals surface area contributed by atoms with E-state index in [1.54, 1.807) is 33.8 Å². The van der Waals surface area contributed by atoms with Gasteiger partial charge in [0.25, 0.3) is 5.56 Å². The first kappa shape index (κ1) is 37.3. The summed E-state index contributed by atoms with van der Waals surface area (Å²) in [6, 6.07) is 22.3. The van der Waals surface area contributed by atoms with Crippen molar-refractivity contribution < 1.29 is 9.18 Å². The van der Waals surface area contributed by atoms with Crippen LogP contribution in [0.15, 0.2) is 101 Å². The van der Waals surface area contributed by atoms with Gasteiger partial charge in [0.15, 0.2) is 5.16 Å². The summed E-state index contributed by atoms with van der Waals surface area (Å²) >= 11 is 7.45. The van der Waals surface area contributed by atoms with Crippen LogP contribution >= 0.6 is 35.8 Å². The lowest BCUT2D eigenvalue weighted by Crippen LogP contribution is -2.36. The van der Waals surface area contributed by atoms with Crippen molar-refractivity contribution in [3.63, 3.8) is 0 Å². The molecule has 0 unspecified atom stereocenters. The summed E-state index contributed by atoms with van der Waals surface area (Å²) in [4.78, 5) is 36.2. The first-order chi connectivity index (χ1) is 23.8. The number of aryl methyl sites for hydroxylation is 1. The van der Waals surface area contributed by atoms with Crippen LogP contribution in [0.4, 0.5) is 4.39 Å². The minimum atomic E-state index is -0.336. The Hall–Kier alpha value is -3.96. The Bertz CT molecular complexity index is 1910. The molecule has 0 saturated carbocycles. The van der Waals surface area contributed by atoms with Gasteiger partial charge in [-0.3, -0.25) is 14.3 Å². The Morgan fingerprint density at radius 1 is 0.920 bits per heavy atom. The number of amides is 1. The predicted octanol–water partition coefficient (Wildman–Crippen LogP) is 7.26. The first-order valence-electron chi connectivity index (χ1n) is 16.6. The molecule has 8 nitrogen and oxygen atoms in total. The molecule has 1 fully saturated rings. The van der Waals surface area contributed by atoms with Gasteiger partial charge in [-0.05, 0) is 91.0 Å². The monoisotopic (exact) mass is 734 g/mol. The van der Waals surface area contributed by atoms with E-state index in [2.05, 4.69) is 39.2 Å². The predicted molar refractivity (Wildman–Crippen MR) is 200 cm³/mol. The van der Waals surface area contributed by atoms with E-state index in [0.717, 1.165) is 53.9 Å². The average Bonchev–Trinajstić information content (AvgIpc) is 3.78. The van der Waals surface area contributed by atoms with Gasteiger partial charge in [0.2, 0.25) is 5.91 Å². The number of benzene rings is 3. The maximum absolute atomic E-state index is 14.2. The smallest absolute Gasteiger partial charge is 0.277 e. The molecule has 0 spiro atoms. The van der Waals surface area contributed by atoms with E-state index in [-0.39, 0.29) is 36.2 Å². The van der Waals surface area contributed by atoms with Crippen LogP contribution in [0.1, 0.15) is 41.5 Å². The van der Waals surface area contributed by atoms with E-state index in [1.807, 2.05) is 42.4 Å². The molecule has 2 aromatic heterocycles. The topological polar surface area (TPSA) is 76.3 Å². The molecule has 6 rings (SSSR count). The standard InChI is InChI=1S/C38H40ClFN6O2S.ClH/c1-43-23-30(22-41-43)21-33-25-46(38(42-37(33)48)49-27-29-7-15-35(40)16-8-29)26-36(47)45(20-4-19-44-17-2-3-18-44)24-28-5-9-31(10-6-28)32-11-13-34(39)14-12-32;/h5-16,22-23,25H,2-4,17-21,24,26-27H2,1H3;1H. The highest BCUT2D eigenvalue weighted by Crippen LogP contribution is 2.24. The van der Waals surface area contributed by atoms with Crippen molar-refractivity contribution in [1.29, 1.82) is 0 Å². The Morgan fingerprint density at radius 2 is 1.58 bits per heavy atom. The van der Waals surface area contributed by atoms with Crippen LogP contribution in [0.25, 0.3) is 11.1 Å². The second kappa shape index (κ2) is 17.8. The van der Waals surface area contributed by atoms with Gasteiger partial charge in [0.05, 0.1) is 6.20 Å². The third-order valence-electron chi connectivity index (χ3n) is 8.73. The van der Waals surface area contributed by atoms with Crippen LogP contribution in [0.5, 0.6) is 0 Å². The Balaban J connectivity index is 0.00000486. The molecular weight excluding hydrogens is 694 g/mol. The van der Waals surface area contributed by atoms with E-state index in [4.69, 9.17) is 11.6 Å². The number of thioether (sulfide) groups is 1. The number of rotatable bonds is 14. The Kier molecular flexibility index (Phi) is 13.3. The van der Waals surface area contributed by atoms with Gasteiger partial charge in [-0.25, -0.2) is 4.39 Å². The Labute approximate surface area is 307 Å². The largest absolute Gasteiger partial charge is 0.337 e. The lowest BCUT2D eigenvalue weighted by atomic mass is 10.0. The summed E-state index contributed by atoms with van der Waals surface area (Å²) < 4.78 is 17.0. The summed E-state index contributed by atoms with van der Waals surface area (Å²) in [7, 11) is 1.83. The summed E-state index contributed by atoms with van der Waals surface area (Å²) in [5.74, 6) is 0.116. The highest BCUT2D eigenvalue weighted by atomic mass is 35.5. The number of hydrogen-bond acceptors (Lipinski definition) is 6. The lowest BCUT2D eigenvalue weighted by molar-refractivity contribution is -0.132. The fraction of sp³-hybridized carbons (Fsp3) is 0.316. The van der Waals surface area contributed by atoms with Crippen LogP contribution < -0.4 is 5.56 Å². The lowest BCUT2D eigenvalue weighted by Gasteiger charge is -2.25. The van der Waals surface area contributed by atoms with Crippen molar-refractivity contribution >= 4 is 41.7 Å². The van der Waals surface area contributed by atoms with E-state index in [1.165, 1.54) is 36.7 Å². The quantitative estimate of drug-likeness (QED) is 0.0884. The van der Waals surface area contributed by atoms with Crippen molar-refractivity contribution in [1.82, 2.24) is 29.1 Å². The van der Waals surface area contributed by atoms with Gasteiger partial charge in [-0.2, -0.15) is 10.1 Å². The molecule has 50 heavy (non-hydrogen) atoms. The second-order valence-electron chi connectivity index (χ2n) is 12.5. The molecule has 1 saturated heterocycles. The van der Waals surface area contributed by atoms with Gasteiger partial charge < -0.3 is 14.4 Å². The highest BCUT2D eigenvalue weighted by Gasteiger charge is 2.20. The fourth-order valence-corrected chi connectivity index (χ4v) is 7.12. The third-order valence-corrected chi connectivity index (χ3v) is 10.0. The van der Waals surface area contributed by atoms with Crippen LogP contribution in [-0.4, -0.2) is 61.2 Å². The fourth-order valence-electron chi connectivity index (χ4n) is 6.08. The van der Waals surface area contributed by atoms with Gasteiger partial charge >= 0.3 is 0 Å². The van der Waals surface area contributed by atoms with Gasteiger partial charge in [-0.15, -0.1) is 12.4 Å². The molecule has 262 valence electrons. The number of halogens is 3. The SMILES string of the molecule is Cl.Cn1cc(Cc2cn(CC(=O)N(CCCN3CCCC3)Cc3ccc(-c4ccc(Cl)cc4)cc3)c(SCc3ccc(F)cc3)nc2=O)cn1. The van der Waals surface area contributed by atoms with Crippen molar-refractivity contribution in [2.75, 3.05) is 26.2 Å². The summed E-state index contributed by atoms with van der Waals surface area (Å²) in [6.45, 7) is 4.28. The van der Waals surface area contributed by atoms with Crippen molar-refractivity contribution in [3.05, 3.63) is 135 Å². The summed E-state index contributed by atoms with van der Waals surface area (Å²) in [5.41, 5.74) is 5.12. The molecule has 0 radical (unpaired) electrons. The molecule has 0 aliphatic carbocycles. The maximum Gasteiger partial charge on any atom is 0.277 e. The molecule has 3 heterocycles. The number of hydrogen-bond donors (Lipinski definition) is 0. The molecule has 5 aromatic rings. The zero-order chi connectivity index (χ0) is 34.2. The molecule has 1 amide bonds. The third kappa shape index (κ3) is 10.3. The molecule has 1 aliphatic heterocycles. The minimum Gasteiger partial charge on any atom is -0.337 e. The van der Waals surface area contributed by atoms with E-state index in [0.29, 0.717) is 41.0 Å². The van der Waals surface area contributed by atoms with Crippen molar-refractivity contribution in [2.45, 2.75) is 49.7 Å². The molecule has 0 bridgehead atoms. The summed E-state index contributed by atoms with van der Waals surface area (Å²) in [5, 5.41) is 5.38. The van der Waals surface area contributed by atoms with E-state index in [9.17, 15) is 14.0 Å². The van der Waals surface area contributed by atoms with Crippen molar-refractivity contribution in [2.24, 2.45) is 7.05 Å². The van der Waals surface area contributed by atoms with Gasteiger partial charge in [0, 0.05) is 55.3 Å². The zero-order valence-corrected chi connectivity index (χ0v) is 30.4. The van der Waals surface area contributed by atoms with Crippen LogP contribution in [0, 0.1) is 5.82 Å². The number of carbonyl (C=O) groups excluding carboxylic acids is 1. The molecular formula is C38H41Cl2FN6O2S. The molecule has 12 heteroatoms. The summed E-state index contributed by atoms with van der Waals surface area (Å²) in [6.07, 6.45) is 9.03. The van der Waals surface area contributed by atoms with Crippen LogP contribution in [0.3, 0.4) is 0 Å². The number of aromatic nitrogens is 4. The van der Waals surface area contributed by atoms with Gasteiger partial charge in [0.1, 0.15) is 12.4 Å². The number of likely N-dealkylation sites (tertiary alicyclic amines) is 1. The van der Waals surface area contributed by atoms with Gasteiger partial charge in [-0.1, -0.05) is 71.9 Å². The Morgan fingerprint density at radius 3 is 2.24 bits per heavy atom. The average molecular weight is 736 g/mol.